The zero-order chi connectivity index (χ0) is 19.8. The van der Waals surface area contributed by atoms with Crippen molar-refractivity contribution < 1.29 is 40.0 Å². The summed E-state index contributed by atoms with van der Waals surface area (Å²) in [6, 6.07) is 7.69. The number of fused-ring (bicyclic) bond motifs is 1. The van der Waals surface area contributed by atoms with Gasteiger partial charge >= 0.3 is 15.6 Å². The molecule has 0 aliphatic carbocycles. The van der Waals surface area contributed by atoms with Crippen molar-refractivity contribution in [1.82, 2.24) is 0 Å². The lowest BCUT2D eigenvalue weighted by molar-refractivity contribution is -0.0499. The van der Waals surface area contributed by atoms with Crippen LogP contribution in [0.3, 0.4) is 0 Å². The number of halogens is 3. The van der Waals surface area contributed by atoms with Crippen molar-refractivity contribution in [3.05, 3.63) is 30.3 Å². The molecule has 0 spiro atoms. The van der Waals surface area contributed by atoms with Crippen LogP contribution in [-0.2, 0) is 10.1 Å². The number of hydrogen-bond donors (Lipinski definition) is 0. The fourth-order valence-corrected chi connectivity index (χ4v) is 4.19. The first-order valence-corrected chi connectivity index (χ1v) is 10.1. The van der Waals surface area contributed by atoms with E-state index in [4.69, 9.17) is 14.2 Å². The Hall–Kier alpha value is -2.19. The molecule has 146 valence electrons. The highest BCUT2D eigenvalue weighted by Gasteiger charge is 2.49. The highest BCUT2D eigenvalue weighted by atomic mass is 32.2. The molecule has 2 aromatic carbocycles. The molecule has 0 bridgehead atoms. The monoisotopic (exact) mass is 422 g/mol. The quantitative estimate of drug-likeness (QED) is 0.419. The minimum Gasteiger partial charge on any atom is -0.496 e. The van der Waals surface area contributed by atoms with Gasteiger partial charge in [-0.05, 0) is 32.8 Å². The Morgan fingerprint density at radius 2 is 1.67 bits per heavy atom. The van der Waals surface area contributed by atoms with Crippen LogP contribution in [0.1, 0.15) is 0 Å². The lowest BCUT2D eigenvalue weighted by atomic mass is 10.0. The van der Waals surface area contributed by atoms with Crippen LogP contribution in [-0.4, -0.2) is 34.5 Å². The number of methoxy groups -OCH3 is 2. The first kappa shape index (κ1) is 19.6. The molecule has 0 aromatic heterocycles. The summed E-state index contributed by atoms with van der Waals surface area (Å²) in [6.07, 6.45) is 0.201. The zero-order valence-corrected chi connectivity index (χ0v) is 15.9. The normalized spacial score (nSPS) is 14.6. The van der Waals surface area contributed by atoms with Gasteiger partial charge in [0.05, 0.1) is 25.1 Å². The van der Waals surface area contributed by atoms with Gasteiger partial charge in [-0.3, -0.25) is 0 Å². The van der Waals surface area contributed by atoms with Gasteiger partial charge in [0, 0.05) is 5.56 Å². The molecule has 0 fully saturated rings. The molecule has 2 aromatic rings. The summed E-state index contributed by atoms with van der Waals surface area (Å²) in [6.45, 7) is 0. The van der Waals surface area contributed by atoms with Gasteiger partial charge in [-0.25, -0.2) is 0 Å². The predicted octanol–water partition coefficient (Wildman–Crippen LogP) is 3.25. The molecular weight excluding hydrogens is 408 g/mol. The van der Waals surface area contributed by atoms with Gasteiger partial charge in [0.15, 0.2) is 5.75 Å². The molecule has 1 heterocycles. The van der Waals surface area contributed by atoms with Crippen molar-refractivity contribution >= 4 is 24.0 Å². The smallest absolute Gasteiger partial charge is 0.496 e. The van der Waals surface area contributed by atoms with Crippen molar-refractivity contribution in [2.24, 2.45) is 0 Å². The Balaban J connectivity index is 2.15. The fraction of sp³-hybridized carbons (Fsp3) is 0.250. The van der Waals surface area contributed by atoms with E-state index in [0.717, 1.165) is 0 Å². The summed E-state index contributed by atoms with van der Waals surface area (Å²) in [5, 5.41) is 0.258. The van der Waals surface area contributed by atoms with E-state index in [0.29, 0.717) is 22.6 Å². The van der Waals surface area contributed by atoms with Gasteiger partial charge in [-0.1, -0.05) is 6.07 Å². The Kier molecular flexibility index (Phi) is 5.14. The molecule has 27 heavy (non-hydrogen) atoms. The number of hydrogen-bond acceptors (Lipinski definition) is 6. The Bertz CT molecular complexity index is 953. The summed E-state index contributed by atoms with van der Waals surface area (Å²) in [7, 11) is -2.92. The molecule has 1 aliphatic heterocycles. The molecule has 0 saturated carbocycles. The van der Waals surface area contributed by atoms with Gasteiger partial charge in [-0.2, -0.15) is 21.6 Å². The lowest BCUT2D eigenvalue weighted by Crippen LogP contribution is -2.29. The Morgan fingerprint density at radius 3 is 2.22 bits per heavy atom. The van der Waals surface area contributed by atoms with Crippen molar-refractivity contribution in [2.75, 3.05) is 20.6 Å². The van der Waals surface area contributed by atoms with Crippen molar-refractivity contribution in [3.63, 3.8) is 0 Å². The number of rotatable bonds is 5. The maximum Gasteiger partial charge on any atom is 0.534 e. The summed E-state index contributed by atoms with van der Waals surface area (Å²) in [5.41, 5.74) is -4.48. The van der Waals surface area contributed by atoms with E-state index in [2.05, 4.69) is 4.18 Å². The van der Waals surface area contributed by atoms with E-state index in [1.807, 2.05) is 0 Å². The molecule has 6 nitrogen and oxygen atoms in total. The highest BCUT2D eigenvalue weighted by Crippen LogP contribution is 2.47. The van der Waals surface area contributed by atoms with Gasteiger partial charge < -0.3 is 18.4 Å². The van der Waals surface area contributed by atoms with Crippen LogP contribution in [0, 0.1) is 0 Å². The van der Waals surface area contributed by atoms with Gasteiger partial charge in [0.1, 0.15) is 23.6 Å². The van der Waals surface area contributed by atoms with Crippen molar-refractivity contribution in [3.8, 4) is 34.1 Å². The second-order valence-corrected chi connectivity index (χ2v) is 7.98. The van der Waals surface area contributed by atoms with Crippen LogP contribution in [0.25, 0.3) is 11.1 Å². The van der Waals surface area contributed by atoms with Crippen LogP contribution in [0.15, 0.2) is 30.3 Å². The highest BCUT2D eigenvalue weighted by molar-refractivity contribution is 7.88. The minimum absolute atomic E-state index is 0.0766. The van der Waals surface area contributed by atoms with Gasteiger partial charge in [-0.15, -0.1) is 0 Å². The molecule has 0 radical (unpaired) electrons. The van der Waals surface area contributed by atoms with E-state index in [1.165, 1.54) is 26.4 Å². The number of alkyl halides is 3. The average Bonchev–Trinajstić information content (AvgIpc) is 3.10. The predicted molar refractivity (Wildman–Crippen MR) is 94.0 cm³/mol. The first-order valence-electron chi connectivity index (χ1n) is 7.45. The number of ether oxygens (including phenoxy) is 3. The molecule has 0 saturated heterocycles. The van der Waals surface area contributed by atoms with Crippen LogP contribution < -0.4 is 23.7 Å². The Labute approximate surface area is 155 Å². The SMILES string of the molecule is COc1cccc(OC)c1-c1ccc(OS(=O)(=O)C(F)(F)F)c2c1OCP2. The largest absolute Gasteiger partial charge is 0.534 e. The second-order valence-electron chi connectivity index (χ2n) is 5.30. The molecule has 11 heteroatoms. The molecule has 0 N–H and O–H groups in total. The molecule has 1 aliphatic rings. The fourth-order valence-electron chi connectivity index (χ4n) is 2.61. The average molecular weight is 422 g/mol. The number of benzene rings is 2. The third kappa shape index (κ3) is 3.51. The maximum atomic E-state index is 12.6. The molecular formula is C16H14F3O6PS. The Morgan fingerprint density at radius 1 is 1.04 bits per heavy atom. The third-order valence-electron chi connectivity index (χ3n) is 3.77. The molecule has 0 amide bonds. The summed E-state index contributed by atoms with van der Waals surface area (Å²) >= 11 is 0. The van der Waals surface area contributed by atoms with E-state index in [9.17, 15) is 21.6 Å². The lowest BCUT2D eigenvalue weighted by Gasteiger charge is -2.17. The molecule has 1 unspecified atom stereocenters. The van der Waals surface area contributed by atoms with Crippen LogP contribution in [0.5, 0.6) is 23.0 Å². The summed E-state index contributed by atoms with van der Waals surface area (Å²) < 4.78 is 81.2. The summed E-state index contributed by atoms with van der Waals surface area (Å²) in [4.78, 5) is 0. The molecule has 1 atom stereocenters. The summed E-state index contributed by atoms with van der Waals surface area (Å²) in [5.74, 6) is 0.765. The molecule has 3 rings (SSSR count). The standard InChI is InChI=1S/C16H14F3O6PS/c1-22-10-4-3-5-11(23-2)13(10)9-6-7-12(15-14(9)24-8-26-15)25-27(20,21)16(17,18)19/h3-7,26H,8H2,1-2H3. The van der Waals surface area contributed by atoms with Gasteiger partial charge in [0.2, 0.25) is 0 Å². The van der Waals surface area contributed by atoms with Crippen LogP contribution in [0.2, 0.25) is 0 Å². The zero-order valence-electron chi connectivity index (χ0n) is 14.1. The first-order chi connectivity index (χ1) is 12.7. The van der Waals surface area contributed by atoms with E-state index >= 15 is 0 Å². The van der Waals surface area contributed by atoms with E-state index in [1.54, 1.807) is 18.2 Å². The van der Waals surface area contributed by atoms with Crippen LogP contribution >= 0.6 is 8.58 Å². The van der Waals surface area contributed by atoms with E-state index < -0.39 is 21.4 Å². The van der Waals surface area contributed by atoms with Crippen molar-refractivity contribution in [2.45, 2.75) is 5.51 Å². The third-order valence-corrected chi connectivity index (χ3v) is 5.85. The maximum absolute atomic E-state index is 12.6. The van der Waals surface area contributed by atoms with Gasteiger partial charge in [0.25, 0.3) is 0 Å². The minimum atomic E-state index is -5.78. The topological polar surface area (TPSA) is 71.1 Å². The van der Waals surface area contributed by atoms with Crippen LogP contribution in [0.4, 0.5) is 13.2 Å². The second kappa shape index (κ2) is 7.09. The van der Waals surface area contributed by atoms with E-state index in [-0.39, 0.29) is 26.0 Å². The van der Waals surface area contributed by atoms with Crippen molar-refractivity contribution in [1.29, 1.82) is 0 Å².